The van der Waals surface area contributed by atoms with Crippen molar-refractivity contribution in [2.24, 2.45) is 0 Å². The molecular formula is C28H38N2O5. The van der Waals surface area contributed by atoms with Crippen molar-refractivity contribution in [1.29, 1.82) is 0 Å². The molecule has 1 aliphatic rings. The van der Waals surface area contributed by atoms with Crippen molar-refractivity contribution in [2.75, 3.05) is 13.7 Å². The van der Waals surface area contributed by atoms with Crippen molar-refractivity contribution < 1.29 is 23.9 Å². The molecule has 0 saturated heterocycles. The summed E-state index contributed by atoms with van der Waals surface area (Å²) in [5, 5.41) is 0. The second-order valence-corrected chi connectivity index (χ2v) is 9.17. The van der Waals surface area contributed by atoms with Crippen molar-refractivity contribution in [3.63, 3.8) is 0 Å². The number of hydrogen-bond acceptors (Lipinski definition) is 5. The highest BCUT2D eigenvalue weighted by atomic mass is 16.5. The Labute approximate surface area is 208 Å². The van der Waals surface area contributed by atoms with Crippen molar-refractivity contribution >= 4 is 17.7 Å². The van der Waals surface area contributed by atoms with Gasteiger partial charge in [0.2, 0.25) is 0 Å². The summed E-state index contributed by atoms with van der Waals surface area (Å²) >= 11 is 0. The molecule has 1 aromatic carbocycles. The molecule has 35 heavy (non-hydrogen) atoms. The lowest BCUT2D eigenvalue weighted by atomic mass is 9.90. The SMILES string of the molecule is CCOC(=O)c1c(C)c(C(=O)C(C)N(C(=O)c2ccc(OC)cc2)C2CCCCC2)c(C)n1CC. The van der Waals surface area contributed by atoms with E-state index in [2.05, 4.69) is 0 Å². The third-order valence-electron chi connectivity index (χ3n) is 7.13. The number of hydrogen-bond donors (Lipinski definition) is 0. The zero-order chi connectivity index (χ0) is 25.7. The molecule has 2 aromatic rings. The van der Waals surface area contributed by atoms with Gasteiger partial charge in [0.25, 0.3) is 5.91 Å². The Morgan fingerprint density at radius 2 is 1.69 bits per heavy atom. The average Bonchev–Trinajstić information content (AvgIpc) is 3.13. The van der Waals surface area contributed by atoms with Crippen LogP contribution in [0.1, 0.15) is 95.3 Å². The van der Waals surface area contributed by atoms with Gasteiger partial charge in [0, 0.05) is 29.4 Å². The van der Waals surface area contributed by atoms with Gasteiger partial charge in [-0.3, -0.25) is 9.59 Å². The summed E-state index contributed by atoms with van der Waals surface area (Å²) in [6, 6.07) is 6.34. The van der Waals surface area contributed by atoms with Crippen LogP contribution in [0.2, 0.25) is 0 Å². The Kier molecular flexibility index (Phi) is 8.76. The van der Waals surface area contributed by atoms with Crippen LogP contribution in [0.25, 0.3) is 0 Å². The second-order valence-electron chi connectivity index (χ2n) is 9.17. The molecule has 190 valence electrons. The van der Waals surface area contributed by atoms with E-state index in [1.807, 2.05) is 25.3 Å². The summed E-state index contributed by atoms with van der Waals surface area (Å²) in [7, 11) is 1.59. The van der Waals surface area contributed by atoms with E-state index >= 15 is 0 Å². The summed E-state index contributed by atoms with van der Waals surface area (Å²) in [5.74, 6) is -0.0601. The van der Waals surface area contributed by atoms with Crippen LogP contribution in [0.15, 0.2) is 24.3 Å². The Balaban J connectivity index is 2.02. The number of rotatable bonds is 9. The van der Waals surface area contributed by atoms with Gasteiger partial charge >= 0.3 is 5.97 Å². The fraction of sp³-hybridized carbons (Fsp3) is 0.536. The molecule has 0 bridgehead atoms. The minimum Gasteiger partial charge on any atom is -0.497 e. The number of carbonyl (C=O) groups excluding carboxylic acids is 3. The molecule has 0 aliphatic heterocycles. The standard InChI is InChI=1S/C28H38N2O5/c1-7-29-19(4)24(18(3)25(29)28(33)35-8-2)26(31)20(5)30(22-12-10-9-11-13-22)27(32)21-14-16-23(34-6)17-15-21/h14-17,20,22H,7-13H2,1-6H3. The maximum absolute atomic E-state index is 14.0. The van der Waals surface area contributed by atoms with Gasteiger partial charge < -0.3 is 18.9 Å². The minimum atomic E-state index is -0.673. The quantitative estimate of drug-likeness (QED) is 0.355. The number of methoxy groups -OCH3 is 1. The lowest BCUT2D eigenvalue weighted by Gasteiger charge is -2.38. The molecule has 1 aliphatic carbocycles. The Bertz CT molecular complexity index is 1060. The van der Waals surface area contributed by atoms with E-state index in [0.29, 0.717) is 34.7 Å². The molecule has 1 fully saturated rings. The Hall–Kier alpha value is -3.09. The lowest BCUT2D eigenvalue weighted by molar-refractivity contribution is 0.0485. The van der Waals surface area contributed by atoms with Crippen molar-refractivity contribution in [3.8, 4) is 5.75 Å². The molecule has 7 nitrogen and oxygen atoms in total. The van der Waals surface area contributed by atoms with Crippen molar-refractivity contribution in [2.45, 2.75) is 85.4 Å². The molecule has 1 unspecified atom stereocenters. The Morgan fingerprint density at radius 1 is 1.06 bits per heavy atom. The normalized spacial score (nSPS) is 14.9. The Morgan fingerprint density at radius 3 is 2.23 bits per heavy atom. The fourth-order valence-corrected chi connectivity index (χ4v) is 5.35. The highest BCUT2D eigenvalue weighted by Gasteiger charge is 2.37. The first-order chi connectivity index (χ1) is 16.8. The number of amides is 1. The highest BCUT2D eigenvalue weighted by Crippen LogP contribution is 2.30. The van der Waals surface area contributed by atoms with Crippen LogP contribution in [-0.2, 0) is 11.3 Å². The van der Waals surface area contributed by atoms with Gasteiger partial charge in [0.05, 0.1) is 19.8 Å². The van der Waals surface area contributed by atoms with Gasteiger partial charge in [-0.2, -0.15) is 0 Å². The minimum absolute atomic E-state index is 0.00398. The van der Waals surface area contributed by atoms with Crippen LogP contribution >= 0.6 is 0 Å². The van der Waals surface area contributed by atoms with Crippen LogP contribution in [0.5, 0.6) is 5.75 Å². The maximum atomic E-state index is 14.0. The van der Waals surface area contributed by atoms with E-state index in [0.717, 1.165) is 37.8 Å². The monoisotopic (exact) mass is 482 g/mol. The molecule has 1 heterocycles. The van der Waals surface area contributed by atoms with Crippen molar-refractivity contribution in [3.05, 3.63) is 52.3 Å². The first kappa shape index (κ1) is 26.5. The molecule has 1 aromatic heterocycles. The number of esters is 1. The highest BCUT2D eigenvalue weighted by molar-refractivity contribution is 6.07. The van der Waals surface area contributed by atoms with Crippen molar-refractivity contribution in [1.82, 2.24) is 9.47 Å². The van der Waals surface area contributed by atoms with Gasteiger partial charge in [-0.25, -0.2) is 4.79 Å². The lowest BCUT2D eigenvalue weighted by Crippen LogP contribution is -2.50. The van der Waals surface area contributed by atoms with E-state index in [4.69, 9.17) is 9.47 Å². The molecule has 1 amide bonds. The van der Waals surface area contributed by atoms with E-state index < -0.39 is 12.0 Å². The molecule has 7 heteroatoms. The number of ketones is 1. The first-order valence-corrected chi connectivity index (χ1v) is 12.6. The van der Waals surface area contributed by atoms with Crippen LogP contribution in [0.3, 0.4) is 0 Å². The van der Waals surface area contributed by atoms with E-state index in [1.54, 1.807) is 50.1 Å². The van der Waals surface area contributed by atoms with E-state index in [1.165, 1.54) is 0 Å². The molecular weight excluding hydrogens is 444 g/mol. The van der Waals surface area contributed by atoms with Gasteiger partial charge in [0.15, 0.2) is 5.78 Å². The zero-order valence-corrected chi connectivity index (χ0v) is 21.8. The molecule has 0 radical (unpaired) electrons. The first-order valence-electron chi connectivity index (χ1n) is 12.6. The predicted octanol–water partition coefficient (Wildman–Crippen LogP) is 5.36. The average molecular weight is 483 g/mol. The zero-order valence-electron chi connectivity index (χ0n) is 21.8. The van der Waals surface area contributed by atoms with E-state index in [9.17, 15) is 14.4 Å². The summed E-state index contributed by atoms with van der Waals surface area (Å²) in [6.45, 7) is 9.97. The molecule has 3 rings (SSSR count). The van der Waals surface area contributed by atoms with Crippen LogP contribution in [0, 0.1) is 13.8 Å². The van der Waals surface area contributed by atoms with Gasteiger partial charge in [-0.1, -0.05) is 19.3 Å². The third-order valence-corrected chi connectivity index (χ3v) is 7.13. The van der Waals surface area contributed by atoms with E-state index in [-0.39, 0.29) is 24.3 Å². The summed E-state index contributed by atoms with van der Waals surface area (Å²) in [6.07, 6.45) is 4.97. The summed E-state index contributed by atoms with van der Waals surface area (Å²) in [4.78, 5) is 42.2. The number of nitrogens with zero attached hydrogens (tertiary/aromatic N) is 2. The molecule has 1 saturated carbocycles. The summed E-state index contributed by atoms with van der Waals surface area (Å²) in [5.41, 5.74) is 2.78. The summed E-state index contributed by atoms with van der Waals surface area (Å²) < 4.78 is 12.3. The van der Waals surface area contributed by atoms with Crippen LogP contribution < -0.4 is 4.74 Å². The number of benzene rings is 1. The van der Waals surface area contributed by atoms with Gasteiger partial charge in [-0.15, -0.1) is 0 Å². The largest absolute Gasteiger partial charge is 0.497 e. The topological polar surface area (TPSA) is 77.8 Å². The van der Waals surface area contributed by atoms with Gasteiger partial charge in [-0.05, 0) is 77.3 Å². The number of aromatic nitrogens is 1. The number of ether oxygens (including phenoxy) is 2. The second kappa shape index (κ2) is 11.6. The molecule has 1 atom stereocenters. The maximum Gasteiger partial charge on any atom is 0.355 e. The molecule has 0 N–H and O–H groups in total. The smallest absolute Gasteiger partial charge is 0.355 e. The number of carbonyl (C=O) groups is 3. The number of Topliss-reactive ketones (excluding diaryl/α,β-unsaturated/α-hetero) is 1. The molecule has 0 spiro atoms. The predicted molar refractivity (Wildman–Crippen MR) is 135 cm³/mol. The van der Waals surface area contributed by atoms with Gasteiger partial charge in [0.1, 0.15) is 11.4 Å². The third kappa shape index (κ3) is 5.29. The fourth-order valence-electron chi connectivity index (χ4n) is 5.35. The van der Waals surface area contributed by atoms with Crippen LogP contribution in [-0.4, -0.2) is 52.9 Å². The van der Waals surface area contributed by atoms with Crippen LogP contribution in [0.4, 0.5) is 0 Å².